The van der Waals surface area contributed by atoms with Gasteiger partial charge in [-0.3, -0.25) is 4.98 Å². The lowest BCUT2D eigenvalue weighted by atomic mass is 10.3. The maximum absolute atomic E-state index is 4.36. The first kappa shape index (κ1) is 12.8. The third-order valence-electron chi connectivity index (χ3n) is 2.32. The van der Waals surface area contributed by atoms with E-state index in [1.807, 2.05) is 25.3 Å². The molecular weight excluding hydrogens is 244 g/mol. The summed E-state index contributed by atoms with van der Waals surface area (Å²) in [5, 5.41) is 4.07. The van der Waals surface area contributed by atoms with Gasteiger partial charge in [0.05, 0.1) is 5.69 Å². The number of thioether (sulfide) groups is 1. The van der Waals surface area contributed by atoms with Crippen molar-refractivity contribution in [3.63, 3.8) is 0 Å². The molecule has 0 radical (unpaired) electrons. The monoisotopic (exact) mass is 260 g/mol. The highest BCUT2D eigenvalue weighted by Crippen LogP contribution is 2.19. The molecule has 0 fully saturated rings. The molecule has 0 aliphatic rings. The molecule has 2 rings (SSSR count). The smallest absolute Gasteiger partial charge is 0.188 e. The molecule has 0 aliphatic heterocycles. The van der Waals surface area contributed by atoms with Crippen LogP contribution in [0.2, 0.25) is 0 Å². The summed E-state index contributed by atoms with van der Waals surface area (Å²) in [4.78, 5) is 12.9. The lowest BCUT2D eigenvalue weighted by Crippen LogP contribution is -1.98. The Morgan fingerprint density at radius 3 is 2.83 bits per heavy atom. The molecule has 0 saturated carbocycles. The van der Waals surface area contributed by atoms with Crippen molar-refractivity contribution in [3.8, 4) is 0 Å². The number of aromatic nitrogens is 3. The Morgan fingerprint density at radius 1 is 1.22 bits per heavy atom. The number of aryl methyl sites for hydroxylation is 1. The zero-order valence-corrected chi connectivity index (χ0v) is 11.4. The first-order chi connectivity index (χ1) is 8.78. The molecule has 18 heavy (non-hydrogen) atoms. The molecule has 0 unspecified atom stereocenters. The van der Waals surface area contributed by atoms with Gasteiger partial charge in [0.25, 0.3) is 0 Å². The van der Waals surface area contributed by atoms with Gasteiger partial charge in [-0.05, 0) is 32.0 Å². The standard InChI is InChI=1S/C13H16N4S/c1-3-14-11-5-7-15-12(8-11)9-18-13-16-6-4-10(2)17-13/h4-8H,3,9H2,1-2H3,(H,14,15). The van der Waals surface area contributed by atoms with Crippen LogP contribution in [0.15, 0.2) is 35.7 Å². The van der Waals surface area contributed by atoms with E-state index in [-0.39, 0.29) is 0 Å². The van der Waals surface area contributed by atoms with Crippen LogP contribution in [0.4, 0.5) is 5.69 Å². The summed E-state index contributed by atoms with van der Waals surface area (Å²) in [6.07, 6.45) is 3.61. The van der Waals surface area contributed by atoms with Gasteiger partial charge in [0.15, 0.2) is 5.16 Å². The van der Waals surface area contributed by atoms with E-state index < -0.39 is 0 Å². The van der Waals surface area contributed by atoms with E-state index in [4.69, 9.17) is 0 Å². The fraction of sp³-hybridized carbons (Fsp3) is 0.308. The lowest BCUT2D eigenvalue weighted by Gasteiger charge is -2.05. The van der Waals surface area contributed by atoms with Gasteiger partial charge in [-0.1, -0.05) is 11.8 Å². The van der Waals surface area contributed by atoms with Crippen LogP contribution in [0, 0.1) is 6.92 Å². The highest BCUT2D eigenvalue weighted by Gasteiger charge is 2.01. The first-order valence-electron chi connectivity index (χ1n) is 5.89. The molecule has 2 aromatic rings. The zero-order valence-electron chi connectivity index (χ0n) is 10.6. The lowest BCUT2D eigenvalue weighted by molar-refractivity contribution is 0.930. The van der Waals surface area contributed by atoms with Crippen LogP contribution in [0.1, 0.15) is 18.3 Å². The van der Waals surface area contributed by atoms with Gasteiger partial charge in [0, 0.05) is 36.1 Å². The molecule has 0 bridgehead atoms. The summed E-state index contributed by atoms with van der Waals surface area (Å²) < 4.78 is 0. The van der Waals surface area contributed by atoms with Crippen molar-refractivity contribution in [1.29, 1.82) is 0 Å². The second kappa shape index (κ2) is 6.35. The van der Waals surface area contributed by atoms with Gasteiger partial charge in [-0.25, -0.2) is 9.97 Å². The minimum atomic E-state index is 0.780. The van der Waals surface area contributed by atoms with Crippen molar-refractivity contribution in [2.75, 3.05) is 11.9 Å². The highest BCUT2D eigenvalue weighted by molar-refractivity contribution is 7.98. The summed E-state index contributed by atoms with van der Waals surface area (Å²) in [5.41, 5.74) is 3.12. The van der Waals surface area contributed by atoms with Crippen LogP contribution < -0.4 is 5.32 Å². The Hall–Kier alpha value is -1.62. The third-order valence-corrected chi connectivity index (χ3v) is 3.21. The van der Waals surface area contributed by atoms with E-state index in [0.717, 1.165) is 34.5 Å². The van der Waals surface area contributed by atoms with Gasteiger partial charge in [-0.2, -0.15) is 0 Å². The van der Waals surface area contributed by atoms with E-state index in [2.05, 4.69) is 33.3 Å². The Balaban J connectivity index is 1.99. The number of rotatable bonds is 5. The number of hydrogen-bond acceptors (Lipinski definition) is 5. The van der Waals surface area contributed by atoms with Crippen molar-refractivity contribution in [3.05, 3.63) is 42.0 Å². The second-order valence-electron chi connectivity index (χ2n) is 3.84. The van der Waals surface area contributed by atoms with Crippen LogP contribution >= 0.6 is 11.8 Å². The van der Waals surface area contributed by atoms with Gasteiger partial charge in [-0.15, -0.1) is 0 Å². The van der Waals surface area contributed by atoms with Gasteiger partial charge in [0.1, 0.15) is 0 Å². The van der Waals surface area contributed by atoms with Gasteiger partial charge < -0.3 is 5.32 Å². The third kappa shape index (κ3) is 3.70. The van der Waals surface area contributed by atoms with E-state index in [9.17, 15) is 0 Å². The van der Waals surface area contributed by atoms with Crippen molar-refractivity contribution in [1.82, 2.24) is 15.0 Å². The fourth-order valence-corrected chi connectivity index (χ4v) is 2.28. The normalized spacial score (nSPS) is 10.3. The van der Waals surface area contributed by atoms with Crippen molar-refractivity contribution >= 4 is 17.4 Å². The molecule has 0 saturated heterocycles. The van der Waals surface area contributed by atoms with Crippen LogP contribution in [0.5, 0.6) is 0 Å². The summed E-state index contributed by atoms with van der Waals surface area (Å²) in [6, 6.07) is 5.93. The summed E-state index contributed by atoms with van der Waals surface area (Å²) in [7, 11) is 0. The average molecular weight is 260 g/mol. The predicted molar refractivity (Wildman–Crippen MR) is 74.7 cm³/mol. The number of nitrogens with one attached hydrogen (secondary N) is 1. The Labute approximate surface area is 111 Å². The minimum absolute atomic E-state index is 0.780. The summed E-state index contributed by atoms with van der Waals surface area (Å²) in [6.45, 7) is 4.96. The molecule has 0 amide bonds. The summed E-state index contributed by atoms with van der Waals surface area (Å²) >= 11 is 1.60. The predicted octanol–water partition coefficient (Wildman–Crippen LogP) is 2.90. The number of hydrogen-bond donors (Lipinski definition) is 1. The van der Waals surface area contributed by atoms with E-state index >= 15 is 0 Å². The van der Waals surface area contributed by atoms with Crippen molar-refractivity contribution < 1.29 is 0 Å². The maximum atomic E-state index is 4.36. The Morgan fingerprint density at radius 2 is 2.06 bits per heavy atom. The van der Waals surface area contributed by atoms with E-state index in [1.165, 1.54) is 0 Å². The Kier molecular flexibility index (Phi) is 4.52. The largest absolute Gasteiger partial charge is 0.385 e. The van der Waals surface area contributed by atoms with E-state index in [0.29, 0.717) is 0 Å². The van der Waals surface area contributed by atoms with Crippen molar-refractivity contribution in [2.24, 2.45) is 0 Å². The molecule has 2 heterocycles. The highest BCUT2D eigenvalue weighted by atomic mass is 32.2. The van der Waals surface area contributed by atoms with Crippen LogP contribution in [0.25, 0.3) is 0 Å². The number of nitrogens with zero attached hydrogens (tertiary/aromatic N) is 3. The van der Waals surface area contributed by atoms with Crippen LogP contribution in [-0.4, -0.2) is 21.5 Å². The minimum Gasteiger partial charge on any atom is -0.385 e. The van der Waals surface area contributed by atoms with Gasteiger partial charge in [0.2, 0.25) is 0 Å². The zero-order chi connectivity index (χ0) is 12.8. The molecule has 1 N–H and O–H groups in total. The van der Waals surface area contributed by atoms with E-state index in [1.54, 1.807) is 18.0 Å². The molecular formula is C13H16N4S. The molecule has 2 aromatic heterocycles. The second-order valence-corrected chi connectivity index (χ2v) is 4.78. The quantitative estimate of drug-likeness (QED) is 0.661. The summed E-state index contributed by atoms with van der Waals surface area (Å²) in [5.74, 6) is 0.780. The maximum Gasteiger partial charge on any atom is 0.188 e. The van der Waals surface area contributed by atoms with Crippen LogP contribution in [0.3, 0.4) is 0 Å². The molecule has 0 aliphatic carbocycles. The SMILES string of the molecule is CCNc1ccnc(CSc2nccc(C)n2)c1. The first-order valence-corrected chi connectivity index (χ1v) is 6.87. The molecule has 5 heteroatoms. The topological polar surface area (TPSA) is 50.7 Å². The molecule has 4 nitrogen and oxygen atoms in total. The molecule has 94 valence electrons. The van der Waals surface area contributed by atoms with Gasteiger partial charge >= 0.3 is 0 Å². The number of anilines is 1. The fourth-order valence-electron chi connectivity index (χ4n) is 1.51. The van der Waals surface area contributed by atoms with Crippen molar-refractivity contribution in [2.45, 2.75) is 24.8 Å². The number of pyridine rings is 1. The molecule has 0 spiro atoms. The molecule has 0 atom stereocenters. The van der Waals surface area contributed by atoms with Crippen LogP contribution in [-0.2, 0) is 5.75 Å². The average Bonchev–Trinajstić information content (AvgIpc) is 2.37. The molecule has 0 aromatic carbocycles. The Bertz CT molecular complexity index is 516.